The second-order valence-electron chi connectivity index (χ2n) is 8.53. The van der Waals surface area contributed by atoms with Crippen LogP contribution in [0.15, 0.2) is 62.9 Å². The Morgan fingerprint density at radius 3 is 2.61 bits per heavy atom. The molecule has 1 aliphatic rings. The molecule has 0 saturated heterocycles. The highest BCUT2D eigenvalue weighted by Gasteiger charge is 2.31. The van der Waals surface area contributed by atoms with Crippen LogP contribution >= 0.6 is 11.8 Å². The molecule has 0 aliphatic heterocycles. The summed E-state index contributed by atoms with van der Waals surface area (Å²) in [5, 5.41) is 10.9. The Hall–Kier alpha value is -2.86. The molecule has 1 fully saturated rings. The van der Waals surface area contributed by atoms with Crippen molar-refractivity contribution in [2.24, 2.45) is 0 Å². The van der Waals surface area contributed by atoms with Gasteiger partial charge in [-0.3, -0.25) is 4.57 Å². The van der Waals surface area contributed by atoms with E-state index in [2.05, 4.69) is 53.7 Å². The lowest BCUT2D eigenvalue weighted by Gasteiger charge is -2.13. The first-order chi connectivity index (χ1) is 15.0. The number of aromatic nitrogens is 3. The number of para-hydroxylation sites is 1. The molecule has 0 amide bonds. The van der Waals surface area contributed by atoms with Gasteiger partial charge in [0.1, 0.15) is 11.4 Å². The minimum Gasteiger partial charge on any atom is -0.423 e. The number of hydrogen-bond donors (Lipinski definition) is 0. The Bertz CT molecular complexity index is 1300. The molecular weight excluding hydrogens is 406 g/mol. The maximum absolute atomic E-state index is 12.2. The zero-order valence-electron chi connectivity index (χ0n) is 18.0. The van der Waals surface area contributed by atoms with E-state index >= 15 is 0 Å². The highest BCUT2D eigenvalue weighted by molar-refractivity contribution is 7.98. The summed E-state index contributed by atoms with van der Waals surface area (Å²) in [7, 11) is 0. The van der Waals surface area contributed by atoms with Gasteiger partial charge in [0.15, 0.2) is 5.16 Å². The average Bonchev–Trinajstić information content (AvgIpc) is 3.51. The fraction of sp³-hybridized carbons (Fsp3) is 0.320. The highest BCUT2D eigenvalue weighted by Crippen LogP contribution is 2.41. The smallest absolute Gasteiger partial charge is 0.336 e. The van der Waals surface area contributed by atoms with Crippen LogP contribution in [0, 0.1) is 6.92 Å². The summed E-state index contributed by atoms with van der Waals surface area (Å²) in [4.78, 5) is 12.2. The third-order valence-electron chi connectivity index (χ3n) is 5.81. The monoisotopic (exact) mass is 431 g/mol. The maximum atomic E-state index is 12.2. The third-order valence-corrected chi connectivity index (χ3v) is 6.79. The lowest BCUT2D eigenvalue weighted by Crippen LogP contribution is -2.03. The third kappa shape index (κ3) is 3.92. The van der Waals surface area contributed by atoms with Crippen molar-refractivity contribution >= 4 is 22.7 Å². The Balaban J connectivity index is 1.53. The SMILES string of the molecule is Cc1cc2oc(=O)cc(CSc3nnc(C4CC4)n3-c3ccccc3)c2cc1C(C)C. The molecule has 1 saturated carbocycles. The molecule has 0 unspecified atom stereocenters. The van der Waals surface area contributed by atoms with Crippen molar-refractivity contribution in [1.29, 1.82) is 0 Å². The number of nitrogens with zero attached hydrogens (tertiary/aromatic N) is 3. The quantitative estimate of drug-likeness (QED) is 0.278. The Morgan fingerprint density at radius 1 is 1.13 bits per heavy atom. The van der Waals surface area contributed by atoms with Gasteiger partial charge in [-0.25, -0.2) is 4.79 Å². The molecule has 0 atom stereocenters. The first-order valence-corrected chi connectivity index (χ1v) is 11.7. The van der Waals surface area contributed by atoms with Crippen molar-refractivity contribution in [3.05, 3.63) is 81.5 Å². The van der Waals surface area contributed by atoms with Crippen LogP contribution in [0.25, 0.3) is 16.7 Å². The predicted molar refractivity (Wildman–Crippen MR) is 124 cm³/mol. The minimum absolute atomic E-state index is 0.317. The van der Waals surface area contributed by atoms with E-state index in [-0.39, 0.29) is 5.63 Å². The lowest BCUT2D eigenvalue weighted by molar-refractivity contribution is 0.559. The van der Waals surface area contributed by atoms with Gasteiger partial charge in [-0.05, 0) is 66.6 Å². The summed E-state index contributed by atoms with van der Waals surface area (Å²) in [5.74, 6) is 2.55. The maximum Gasteiger partial charge on any atom is 0.336 e. The summed E-state index contributed by atoms with van der Waals surface area (Å²) < 4.78 is 7.68. The van der Waals surface area contributed by atoms with E-state index in [1.165, 1.54) is 5.56 Å². The van der Waals surface area contributed by atoms with Crippen molar-refractivity contribution in [1.82, 2.24) is 14.8 Å². The number of rotatable bonds is 6. The molecule has 6 heteroatoms. The molecule has 2 aromatic heterocycles. The summed E-state index contributed by atoms with van der Waals surface area (Å²) in [5.41, 5.74) is 4.79. The van der Waals surface area contributed by atoms with Gasteiger partial charge in [0.05, 0.1) is 0 Å². The summed E-state index contributed by atoms with van der Waals surface area (Å²) in [6, 6.07) is 16.0. The van der Waals surface area contributed by atoms with Gasteiger partial charge in [0.25, 0.3) is 0 Å². The predicted octanol–water partition coefficient (Wildman–Crippen LogP) is 5.98. The van der Waals surface area contributed by atoms with Gasteiger partial charge < -0.3 is 4.42 Å². The Morgan fingerprint density at radius 2 is 1.90 bits per heavy atom. The molecule has 2 aromatic carbocycles. The van der Waals surface area contributed by atoms with Gasteiger partial charge in [-0.15, -0.1) is 10.2 Å². The fourth-order valence-electron chi connectivity index (χ4n) is 4.08. The van der Waals surface area contributed by atoms with E-state index in [0.29, 0.717) is 23.2 Å². The van der Waals surface area contributed by atoms with Crippen LogP contribution < -0.4 is 5.63 Å². The molecule has 0 N–H and O–H groups in total. The number of thioether (sulfide) groups is 1. The van der Waals surface area contributed by atoms with Crippen LogP contribution in [0.1, 0.15) is 61.0 Å². The zero-order chi connectivity index (χ0) is 21.5. The molecule has 4 aromatic rings. The number of fused-ring (bicyclic) bond motifs is 1. The van der Waals surface area contributed by atoms with Crippen LogP contribution in [-0.4, -0.2) is 14.8 Å². The van der Waals surface area contributed by atoms with E-state index in [4.69, 9.17) is 4.42 Å². The first-order valence-electron chi connectivity index (χ1n) is 10.7. The molecular formula is C25H25N3O2S. The van der Waals surface area contributed by atoms with Crippen molar-refractivity contribution in [2.75, 3.05) is 0 Å². The Labute approximate surface area is 185 Å². The molecule has 5 rings (SSSR count). The van der Waals surface area contributed by atoms with E-state index in [0.717, 1.165) is 46.0 Å². The highest BCUT2D eigenvalue weighted by atomic mass is 32.2. The van der Waals surface area contributed by atoms with Crippen LogP contribution in [0.4, 0.5) is 0 Å². The standard InChI is InChI=1S/C25H25N3O2S/c1-15(2)20-13-21-18(12-23(29)30-22(21)11-16(20)3)14-31-25-27-26-24(17-9-10-17)28(25)19-7-5-4-6-8-19/h4-8,11-13,15,17H,9-10,14H2,1-3H3. The minimum atomic E-state index is -0.317. The van der Waals surface area contributed by atoms with E-state index < -0.39 is 0 Å². The van der Waals surface area contributed by atoms with Crippen molar-refractivity contribution < 1.29 is 4.42 Å². The average molecular weight is 432 g/mol. The number of benzene rings is 2. The molecule has 1 aliphatic carbocycles. The molecule has 31 heavy (non-hydrogen) atoms. The van der Waals surface area contributed by atoms with Crippen molar-refractivity contribution in [3.8, 4) is 5.69 Å². The number of aryl methyl sites for hydroxylation is 1. The fourth-order valence-corrected chi connectivity index (χ4v) is 5.03. The first kappa shape index (κ1) is 20.1. The van der Waals surface area contributed by atoms with Gasteiger partial charge in [-0.2, -0.15) is 0 Å². The molecule has 0 bridgehead atoms. The summed E-state index contributed by atoms with van der Waals surface area (Å²) >= 11 is 1.61. The van der Waals surface area contributed by atoms with Crippen LogP contribution in [0.3, 0.4) is 0 Å². The Kier molecular flexibility index (Phi) is 5.18. The second kappa shape index (κ2) is 8.00. The van der Waals surface area contributed by atoms with Crippen molar-refractivity contribution in [2.45, 2.75) is 56.4 Å². The zero-order valence-corrected chi connectivity index (χ0v) is 18.8. The normalized spacial score (nSPS) is 13.9. The van der Waals surface area contributed by atoms with E-state index in [1.54, 1.807) is 17.8 Å². The molecule has 0 radical (unpaired) electrons. The van der Waals surface area contributed by atoms with E-state index in [1.807, 2.05) is 24.3 Å². The van der Waals surface area contributed by atoms with Crippen LogP contribution in [-0.2, 0) is 5.75 Å². The van der Waals surface area contributed by atoms with Crippen LogP contribution in [0.2, 0.25) is 0 Å². The molecule has 0 spiro atoms. The van der Waals surface area contributed by atoms with Crippen LogP contribution in [0.5, 0.6) is 0 Å². The van der Waals surface area contributed by atoms with Crippen molar-refractivity contribution in [3.63, 3.8) is 0 Å². The van der Waals surface area contributed by atoms with Gasteiger partial charge >= 0.3 is 5.63 Å². The molecule has 2 heterocycles. The van der Waals surface area contributed by atoms with Gasteiger partial charge in [0.2, 0.25) is 0 Å². The van der Waals surface area contributed by atoms with E-state index in [9.17, 15) is 4.79 Å². The topological polar surface area (TPSA) is 60.9 Å². The van der Waals surface area contributed by atoms with Gasteiger partial charge in [-0.1, -0.05) is 43.8 Å². The van der Waals surface area contributed by atoms with Gasteiger partial charge in [0, 0.05) is 28.8 Å². The largest absolute Gasteiger partial charge is 0.423 e. The summed E-state index contributed by atoms with van der Waals surface area (Å²) in [6.45, 7) is 6.44. The second-order valence-corrected chi connectivity index (χ2v) is 9.47. The lowest BCUT2D eigenvalue weighted by atomic mass is 9.95. The summed E-state index contributed by atoms with van der Waals surface area (Å²) in [6.07, 6.45) is 2.33. The molecule has 158 valence electrons. The number of hydrogen-bond acceptors (Lipinski definition) is 5. The molecule has 5 nitrogen and oxygen atoms in total.